The molecule has 0 bridgehead atoms. The summed E-state index contributed by atoms with van der Waals surface area (Å²) in [4.78, 5) is 11.4. The van der Waals surface area contributed by atoms with Gasteiger partial charge in [0.05, 0.1) is 43.7 Å². The molecule has 2 aliphatic rings. The number of aliphatic carboxylic acids is 1. The van der Waals surface area contributed by atoms with Gasteiger partial charge < -0.3 is 43.2 Å². The molecule has 19 nitrogen and oxygen atoms in total. The van der Waals surface area contributed by atoms with E-state index >= 15 is 0 Å². The summed E-state index contributed by atoms with van der Waals surface area (Å²) in [6, 6.07) is -1.67. The van der Waals surface area contributed by atoms with Gasteiger partial charge >= 0.3 is 5.97 Å². The minimum Gasteiger partial charge on any atom is -0.735 e. The first-order valence-electron chi connectivity index (χ1n) is 11.0. The van der Waals surface area contributed by atoms with Crippen molar-refractivity contribution < 1.29 is 81.6 Å². The second kappa shape index (κ2) is 11.6. The second-order valence-corrected chi connectivity index (χ2v) is 13.3. The van der Waals surface area contributed by atoms with Crippen molar-refractivity contribution in [3.8, 4) is 0 Å². The molecular formula is C18H28NO18S3-3. The van der Waals surface area contributed by atoms with Crippen LogP contribution in [0.25, 0.3) is 0 Å². The summed E-state index contributed by atoms with van der Waals surface area (Å²) in [6.45, 7) is 2.01. The fraction of sp³-hybridized carbons (Fsp3) is 0.833. The maximum absolute atomic E-state index is 11.4. The topological polar surface area (TPSA) is 308 Å². The molecule has 234 valence electrons. The smallest absolute Gasteiger partial charge is 0.370 e. The number of carbonyl (C=O) groups is 1. The van der Waals surface area contributed by atoms with Gasteiger partial charge in [-0.05, 0) is 26.8 Å². The Morgan fingerprint density at radius 3 is 2.08 bits per heavy atom. The lowest BCUT2D eigenvalue weighted by molar-refractivity contribution is -0.253. The van der Waals surface area contributed by atoms with E-state index in [9.17, 15) is 59.0 Å². The Morgan fingerprint density at radius 1 is 1.02 bits per heavy atom. The van der Waals surface area contributed by atoms with Crippen LogP contribution in [0, 0.1) is 5.41 Å². The normalized spacial score (nSPS) is 35.0. The summed E-state index contributed by atoms with van der Waals surface area (Å²) in [5.74, 6) is -2.56. The Kier molecular flexibility index (Phi) is 10.1. The molecule has 2 aliphatic heterocycles. The second-order valence-electron chi connectivity index (χ2n) is 10.1. The third-order valence-corrected chi connectivity index (χ3v) is 7.78. The van der Waals surface area contributed by atoms with Gasteiger partial charge in [-0.1, -0.05) is 6.92 Å². The number of ether oxygens (including phenoxy) is 3. The van der Waals surface area contributed by atoms with E-state index < -0.39 is 110 Å². The number of carboxylic acids is 1. The zero-order valence-corrected chi connectivity index (χ0v) is 23.7. The van der Waals surface area contributed by atoms with Crippen LogP contribution < -0.4 is 4.72 Å². The fourth-order valence-electron chi connectivity index (χ4n) is 4.37. The monoisotopic (exact) mass is 642 g/mol. The summed E-state index contributed by atoms with van der Waals surface area (Å²) in [7, 11) is -16.0. The third-order valence-electron chi connectivity index (χ3n) is 6.37. The molecule has 22 heteroatoms. The van der Waals surface area contributed by atoms with E-state index in [1.54, 1.807) is 4.72 Å². The predicted octanol–water partition coefficient (Wildman–Crippen LogP) is -3.59. The van der Waals surface area contributed by atoms with E-state index in [0.717, 1.165) is 6.92 Å². The van der Waals surface area contributed by atoms with Crippen LogP contribution in [0.15, 0.2) is 11.8 Å². The zero-order valence-electron chi connectivity index (χ0n) is 21.3. The largest absolute Gasteiger partial charge is 0.735 e. The van der Waals surface area contributed by atoms with Crippen LogP contribution >= 0.6 is 0 Å². The van der Waals surface area contributed by atoms with Crippen LogP contribution in [0.2, 0.25) is 0 Å². The van der Waals surface area contributed by atoms with Gasteiger partial charge in [0.15, 0.2) is 15.9 Å². The molecule has 3 unspecified atom stereocenters. The van der Waals surface area contributed by atoms with Crippen LogP contribution in [0.3, 0.4) is 0 Å². The van der Waals surface area contributed by atoms with Crippen molar-refractivity contribution in [3.63, 3.8) is 0 Å². The van der Waals surface area contributed by atoms with E-state index in [4.69, 9.17) is 14.2 Å². The van der Waals surface area contributed by atoms with Gasteiger partial charge in [-0.2, -0.15) is 0 Å². The molecule has 0 amide bonds. The Bertz CT molecular complexity index is 1310. The standard InChI is InChI=1S/C18H31NO18S3/c1-16(2)12(19-38(24,25)26)13(21)17(3,11(36-16)6-34-39(27,28)29)7-33-8-18(4)14(37-40(30,31)32)9(20)5-10(35-18)15(22)23/h5,9,11-14,19-21H,6-8H2,1-4H3,(H,22,23)(H,24,25,26)(H,27,28,29)(H,30,31,32)/p-3/t9-,11?,12?,13+,14?,17-,18-/m1/s1. The van der Waals surface area contributed by atoms with Gasteiger partial charge in [0.2, 0.25) is 26.6 Å². The predicted molar refractivity (Wildman–Crippen MR) is 122 cm³/mol. The van der Waals surface area contributed by atoms with E-state index in [0.29, 0.717) is 6.08 Å². The molecule has 0 saturated carbocycles. The van der Waals surface area contributed by atoms with E-state index in [1.165, 1.54) is 20.8 Å². The first-order valence-corrected chi connectivity index (χ1v) is 15.1. The number of hydrogen-bond acceptors (Lipinski definition) is 17. The minimum atomic E-state index is -5.48. The zero-order chi connectivity index (χ0) is 31.1. The average Bonchev–Trinajstić information content (AvgIpc) is 2.74. The molecule has 0 radical (unpaired) electrons. The maximum atomic E-state index is 11.4. The number of nitrogens with one attached hydrogen (secondary N) is 1. The molecule has 0 aromatic carbocycles. The molecule has 4 N–H and O–H groups in total. The molecular weight excluding hydrogens is 614 g/mol. The van der Waals surface area contributed by atoms with Crippen molar-refractivity contribution in [1.82, 2.24) is 4.72 Å². The molecule has 0 aromatic rings. The van der Waals surface area contributed by atoms with Gasteiger partial charge in [0.1, 0.15) is 12.2 Å². The number of carboxylic acid groups (broad SMARTS) is 1. The number of aliphatic hydroxyl groups excluding tert-OH is 2. The molecule has 0 aromatic heterocycles. The molecule has 0 aliphatic carbocycles. The van der Waals surface area contributed by atoms with Gasteiger partial charge in [-0.15, -0.1) is 0 Å². The molecule has 2 heterocycles. The van der Waals surface area contributed by atoms with Gasteiger partial charge in [0, 0.05) is 5.41 Å². The van der Waals surface area contributed by atoms with Gasteiger partial charge in [0.25, 0.3) is 0 Å². The van der Waals surface area contributed by atoms with E-state index in [1.807, 2.05) is 0 Å². The minimum absolute atomic E-state index is 0.568. The van der Waals surface area contributed by atoms with Gasteiger partial charge in [-0.3, -0.25) is 8.37 Å². The third kappa shape index (κ3) is 8.73. The van der Waals surface area contributed by atoms with Crippen LogP contribution in [-0.4, -0.2) is 122 Å². The Labute approximate surface area is 229 Å². The highest BCUT2D eigenvalue weighted by Gasteiger charge is 2.57. The average molecular weight is 643 g/mol. The Hall–Kier alpha value is -1.54. The summed E-state index contributed by atoms with van der Waals surface area (Å²) in [5.41, 5.74) is -5.79. The molecule has 7 atom stereocenters. The lowest BCUT2D eigenvalue weighted by Crippen LogP contribution is -2.71. The van der Waals surface area contributed by atoms with Crippen molar-refractivity contribution in [3.05, 3.63) is 11.8 Å². The van der Waals surface area contributed by atoms with Crippen molar-refractivity contribution in [1.29, 1.82) is 0 Å². The lowest BCUT2D eigenvalue weighted by Gasteiger charge is -2.55. The Morgan fingerprint density at radius 2 is 1.60 bits per heavy atom. The molecule has 0 spiro atoms. The van der Waals surface area contributed by atoms with Crippen LogP contribution in [0.1, 0.15) is 27.7 Å². The van der Waals surface area contributed by atoms with Crippen LogP contribution in [0.5, 0.6) is 0 Å². The highest BCUT2D eigenvalue weighted by atomic mass is 32.3. The maximum Gasteiger partial charge on any atom is 0.370 e. The van der Waals surface area contributed by atoms with E-state index in [-0.39, 0.29) is 0 Å². The fourth-order valence-corrected chi connectivity index (χ4v) is 5.95. The number of aliphatic hydroxyl groups is 2. The summed E-state index contributed by atoms with van der Waals surface area (Å²) < 4.78 is 128. The van der Waals surface area contributed by atoms with Crippen LogP contribution in [0.4, 0.5) is 0 Å². The Balaban J connectivity index is 2.42. The molecule has 1 fully saturated rings. The number of hydrogen-bond donors (Lipinski definition) is 4. The van der Waals surface area contributed by atoms with E-state index in [2.05, 4.69) is 8.37 Å². The highest BCUT2D eigenvalue weighted by Crippen LogP contribution is 2.43. The SMILES string of the molecule is CC1(C)OC(COS(=O)(=O)[O-])[C@@](C)(COC[C@@]2(C)OC(C(=O)O)=C[C@@H](O)C2OS(=O)(=O)[O-])[C@@H](O)C1NS(=O)(=O)[O-]. The van der Waals surface area contributed by atoms with Gasteiger partial charge in [-0.25, -0.2) is 34.8 Å². The van der Waals surface area contributed by atoms with Crippen molar-refractivity contribution >= 4 is 37.1 Å². The molecule has 1 saturated heterocycles. The summed E-state index contributed by atoms with van der Waals surface area (Å²) >= 11 is 0. The summed E-state index contributed by atoms with van der Waals surface area (Å²) in [5, 5.41) is 30.6. The lowest BCUT2D eigenvalue weighted by atomic mass is 9.70. The number of rotatable bonds is 12. The van der Waals surface area contributed by atoms with Crippen molar-refractivity contribution in [2.75, 3.05) is 19.8 Å². The molecule has 2 rings (SSSR count). The van der Waals surface area contributed by atoms with Crippen molar-refractivity contribution in [2.45, 2.75) is 69.4 Å². The summed E-state index contributed by atoms with van der Waals surface area (Å²) in [6.07, 6.45) is -6.92. The van der Waals surface area contributed by atoms with Crippen molar-refractivity contribution in [2.24, 2.45) is 5.41 Å². The highest BCUT2D eigenvalue weighted by molar-refractivity contribution is 7.83. The first-order chi connectivity index (χ1) is 17.8. The molecule has 40 heavy (non-hydrogen) atoms. The van der Waals surface area contributed by atoms with Crippen LogP contribution in [-0.2, 0) is 58.5 Å². The quantitative estimate of drug-likeness (QED) is 0.118. The first kappa shape index (κ1) is 34.7.